The van der Waals surface area contributed by atoms with Crippen molar-refractivity contribution in [3.63, 3.8) is 0 Å². The van der Waals surface area contributed by atoms with E-state index in [1.54, 1.807) is 17.7 Å². The van der Waals surface area contributed by atoms with Gasteiger partial charge in [-0.2, -0.15) is 0 Å². The molecule has 1 saturated heterocycles. The lowest BCUT2D eigenvalue weighted by Gasteiger charge is -2.45. The monoisotopic (exact) mass is 356 g/mol. The Morgan fingerprint density at radius 2 is 2.32 bits per heavy atom. The van der Waals surface area contributed by atoms with Crippen LogP contribution in [0.25, 0.3) is 0 Å². The van der Waals surface area contributed by atoms with Crippen LogP contribution in [0.4, 0.5) is 5.82 Å². The zero-order valence-electron chi connectivity index (χ0n) is 14.6. The second-order valence-corrected chi connectivity index (χ2v) is 8.47. The molecule has 2 aliphatic rings. The minimum Gasteiger partial charge on any atom is -0.367 e. The van der Waals surface area contributed by atoms with E-state index in [0.717, 1.165) is 50.3 Å². The van der Waals surface area contributed by atoms with E-state index in [1.807, 2.05) is 13.0 Å². The Balaban J connectivity index is 1.25. The zero-order chi connectivity index (χ0) is 17.3. The number of hydrogen-bond donors (Lipinski definition) is 1. The van der Waals surface area contributed by atoms with Crippen LogP contribution in [0.2, 0.25) is 0 Å². The van der Waals surface area contributed by atoms with Crippen molar-refractivity contribution < 1.29 is 4.79 Å². The highest BCUT2D eigenvalue weighted by atomic mass is 32.1. The van der Waals surface area contributed by atoms with E-state index in [0.29, 0.717) is 23.8 Å². The second-order valence-electron chi connectivity index (χ2n) is 7.44. The Labute approximate surface area is 152 Å². The third-order valence-corrected chi connectivity index (χ3v) is 6.41. The van der Waals surface area contributed by atoms with Crippen LogP contribution in [0.15, 0.2) is 29.9 Å². The number of nitrogens with zero attached hydrogens (tertiary/aromatic N) is 3. The molecule has 5 nitrogen and oxygen atoms in total. The predicted octanol–water partition coefficient (Wildman–Crippen LogP) is 3.27. The summed E-state index contributed by atoms with van der Waals surface area (Å²) < 4.78 is 0. The minimum atomic E-state index is 0.313. The summed E-state index contributed by atoms with van der Waals surface area (Å²) in [5.41, 5.74) is 1.31. The summed E-state index contributed by atoms with van der Waals surface area (Å²) in [4.78, 5) is 24.3. The number of thiophene rings is 1. The summed E-state index contributed by atoms with van der Waals surface area (Å²) in [5.74, 6) is 1.22. The number of amides is 1. The van der Waals surface area contributed by atoms with E-state index < -0.39 is 0 Å². The zero-order valence-corrected chi connectivity index (χ0v) is 15.4. The Morgan fingerprint density at radius 3 is 3.08 bits per heavy atom. The summed E-state index contributed by atoms with van der Waals surface area (Å²) in [5, 5.41) is 5.58. The molecule has 1 amide bonds. The summed E-state index contributed by atoms with van der Waals surface area (Å²) >= 11 is 1.74. The Kier molecular flexibility index (Phi) is 4.46. The molecule has 0 bridgehead atoms. The van der Waals surface area contributed by atoms with E-state index in [2.05, 4.69) is 37.7 Å². The highest BCUT2D eigenvalue weighted by molar-refractivity contribution is 7.09. The van der Waals surface area contributed by atoms with Gasteiger partial charge < -0.3 is 10.2 Å². The van der Waals surface area contributed by atoms with Gasteiger partial charge in [0.05, 0.1) is 0 Å². The van der Waals surface area contributed by atoms with Crippen molar-refractivity contribution in [1.82, 2.24) is 14.9 Å². The van der Waals surface area contributed by atoms with Crippen LogP contribution in [0.3, 0.4) is 0 Å². The first-order valence-corrected chi connectivity index (χ1v) is 9.85. The maximum atomic E-state index is 12.5. The van der Waals surface area contributed by atoms with Gasteiger partial charge in [-0.05, 0) is 49.5 Å². The molecule has 0 unspecified atom stereocenters. The summed E-state index contributed by atoms with van der Waals surface area (Å²) in [6, 6.07) is 6.62. The molecule has 25 heavy (non-hydrogen) atoms. The van der Waals surface area contributed by atoms with Gasteiger partial charge in [0.1, 0.15) is 12.1 Å². The SMILES string of the molecule is Cc1cc(NC2CC3(CCN(C(=O)CCc4cccs4)C3)C2)ncn1. The molecule has 1 aliphatic carbocycles. The summed E-state index contributed by atoms with van der Waals surface area (Å²) in [6.07, 6.45) is 6.51. The molecule has 4 rings (SSSR count). The molecule has 2 fully saturated rings. The molecule has 132 valence electrons. The molecule has 1 N–H and O–H groups in total. The van der Waals surface area contributed by atoms with E-state index in [4.69, 9.17) is 0 Å². The van der Waals surface area contributed by atoms with Gasteiger partial charge in [0.15, 0.2) is 0 Å². The number of likely N-dealkylation sites (tertiary alicyclic amines) is 1. The molecule has 1 aliphatic heterocycles. The first-order valence-electron chi connectivity index (χ1n) is 8.97. The molecule has 3 heterocycles. The highest BCUT2D eigenvalue weighted by Crippen LogP contribution is 2.49. The number of carbonyl (C=O) groups excluding carboxylic acids is 1. The van der Waals surface area contributed by atoms with Gasteiger partial charge in [-0.25, -0.2) is 9.97 Å². The van der Waals surface area contributed by atoms with Crippen LogP contribution in [0, 0.1) is 12.3 Å². The summed E-state index contributed by atoms with van der Waals surface area (Å²) in [7, 11) is 0. The molecule has 2 aromatic heterocycles. The van der Waals surface area contributed by atoms with Gasteiger partial charge in [0, 0.05) is 42.2 Å². The van der Waals surface area contributed by atoms with Crippen molar-refractivity contribution in [2.24, 2.45) is 5.41 Å². The third-order valence-electron chi connectivity index (χ3n) is 5.47. The van der Waals surface area contributed by atoms with E-state index in [9.17, 15) is 4.79 Å². The number of rotatable bonds is 5. The Hall–Kier alpha value is -1.95. The van der Waals surface area contributed by atoms with Gasteiger partial charge in [0.25, 0.3) is 0 Å². The lowest BCUT2D eigenvalue weighted by atomic mass is 9.65. The van der Waals surface area contributed by atoms with Crippen LogP contribution in [-0.4, -0.2) is 39.9 Å². The molecule has 0 aromatic carbocycles. The topological polar surface area (TPSA) is 58.1 Å². The largest absolute Gasteiger partial charge is 0.367 e. The lowest BCUT2D eigenvalue weighted by Crippen LogP contribution is -2.47. The molecule has 6 heteroatoms. The summed E-state index contributed by atoms with van der Waals surface area (Å²) in [6.45, 7) is 3.83. The van der Waals surface area contributed by atoms with Crippen molar-refractivity contribution in [2.45, 2.75) is 45.1 Å². The maximum absolute atomic E-state index is 12.5. The molecular weight excluding hydrogens is 332 g/mol. The highest BCUT2D eigenvalue weighted by Gasteiger charge is 2.49. The van der Waals surface area contributed by atoms with Gasteiger partial charge in [-0.1, -0.05) is 6.07 Å². The van der Waals surface area contributed by atoms with Gasteiger partial charge >= 0.3 is 0 Å². The molecule has 1 spiro atoms. The Bertz CT molecular complexity index is 740. The number of hydrogen-bond acceptors (Lipinski definition) is 5. The standard InChI is InChI=1S/C19H24N4OS/c1-14-9-17(21-13-20-14)22-15-10-19(11-15)6-7-23(12-19)18(24)5-4-16-3-2-8-25-16/h2-3,8-9,13,15H,4-7,10-12H2,1H3,(H,20,21,22). The molecule has 0 radical (unpaired) electrons. The third kappa shape index (κ3) is 3.68. The first-order chi connectivity index (χ1) is 12.1. The Morgan fingerprint density at radius 1 is 1.44 bits per heavy atom. The number of carbonyl (C=O) groups is 1. The number of anilines is 1. The van der Waals surface area contributed by atoms with Crippen LogP contribution in [-0.2, 0) is 11.2 Å². The lowest BCUT2D eigenvalue weighted by molar-refractivity contribution is -0.130. The van der Waals surface area contributed by atoms with Crippen molar-refractivity contribution in [1.29, 1.82) is 0 Å². The average molecular weight is 356 g/mol. The first kappa shape index (κ1) is 16.5. The predicted molar refractivity (Wildman–Crippen MR) is 99.7 cm³/mol. The fourth-order valence-electron chi connectivity index (χ4n) is 4.15. The fraction of sp³-hybridized carbons (Fsp3) is 0.526. The van der Waals surface area contributed by atoms with E-state index in [1.165, 1.54) is 4.88 Å². The number of aryl methyl sites for hydroxylation is 2. The van der Waals surface area contributed by atoms with Crippen molar-refractivity contribution in [3.8, 4) is 0 Å². The smallest absolute Gasteiger partial charge is 0.222 e. The van der Waals surface area contributed by atoms with Gasteiger partial charge in [0.2, 0.25) is 5.91 Å². The molecule has 2 aromatic rings. The van der Waals surface area contributed by atoms with E-state index >= 15 is 0 Å². The minimum absolute atomic E-state index is 0.313. The molecular formula is C19H24N4OS. The van der Waals surface area contributed by atoms with Crippen molar-refractivity contribution >= 4 is 23.1 Å². The number of nitrogens with one attached hydrogen (secondary N) is 1. The quantitative estimate of drug-likeness (QED) is 0.893. The molecule has 1 saturated carbocycles. The number of aromatic nitrogens is 2. The molecule has 0 atom stereocenters. The van der Waals surface area contributed by atoms with Crippen LogP contribution >= 0.6 is 11.3 Å². The van der Waals surface area contributed by atoms with Crippen molar-refractivity contribution in [2.75, 3.05) is 18.4 Å². The average Bonchev–Trinajstić information content (AvgIpc) is 3.22. The van der Waals surface area contributed by atoms with Crippen LogP contribution < -0.4 is 5.32 Å². The van der Waals surface area contributed by atoms with Gasteiger partial charge in [-0.3, -0.25) is 4.79 Å². The van der Waals surface area contributed by atoms with Gasteiger partial charge in [-0.15, -0.1) is 11.3 Å². The fourth-order valence-corrected chi connectivity index (χ4v) is 4.86. The van der Waals surface area contributed by atoms with Crippen LogP contribution in [0.1, 0.15) is 36.3 Å². The van der Waals surface area contributed by atoms with E-state index in [-0.39, 0.29) is 0 Å². The normalized spacial score (nSPS) is 25.2. The van der Waals surface area contributed by atoms with Crippen molar-refractivity contribution in [3.05, 3.63) is 40.5 Å². The van der Waals surface area contributed by atoms with Crippen LogP contribution in [0.5, 0.6) is 0 Å². The maximum Gasteiger partial charge on any atom is 0.222 e. The second kappa shape index (κ2) is 6.75.